The minimum atomic E-state index is 0.505. The van der Waals surface area contributed by atoms with E-state index in [1.165, 1.54) is 27.8 Å². The molecule has 0 unspecified atom stereocenters. The average Bonchev–Trinajstić information content (AvgIpc) is 2.40. The van der Waals surface area contributed by atoms with Gasteiger partial charge in [0, 0.05) is 5.02 Å². The van der Waals surface area contributed by atoms with Gasteiger partial charge in [-0.05, 0) is 65.1 Å². The Morgan fingerprint density at radius 2 is 1.52 bits per heavy atom. The Morgan fingerprint density at radius 1 is 0.857 bits per heavy atom. The summed E-state index contributed by atoms with van der Waals surface area (Å²) in [6.45, 7) is 11.1. The molecule has 0 heterocycles. The summed E-state index contributed by atoms with van der Waals surface area (Å²) in [5.74, 6) is 1.07. The van der Waals surface area contributed by atoms with Crippen LogP contribution >= 0.6 is 11.6 Å². The van der Waals surface area contributed by atoms with Gasteiger partial charge in [0.2, 0.25) is 0 Å². The molecule has 0 saturated carbocycles. The number of rotatable bonds is 4. The van der Waals surface area contributed by atoms with Crippen LogP contribution in [0.15, 0.2) is 36.4 Å². The predicted molar refractivity (Wildman–Crippen MR) is 93.6 cm³/mol. The monoisotopic (exact) mass is 300 g/mol. The minimum Gasteiger partial charge on any atom is -0.0843 e. The van der Waals surface area contributed by atoms with E-state index in [2.05, 4.69) is 71.0 Å². The molecule has 0 aliphatic heterocycles. The fraction of sp³-hybridized carbons (Fsp3) is 0.400. The summed E-state index contributed by atoms with van der Waals surface area (Å²) < 4.78 is 0. The zero-order valence-corrected chi connectivity index (χ0v) is 14.5. The largest absolute Gasteiger partial charge is 0.0843 e. The molecule has 112 valence electrons. The lowest BCUT2D eigenvalue weighted by molar-refractivity contribution is 0.858. The van der Waals surface area contributed by atoms with E-state index in [-0.39, 0.29) is 0 Å². The molecule has 0 spiro atoms. The smallest absolute Gasteiger partial charge is 0.0411 e. The molecule has 0 aliphatic carbocycles. The van der Waals surface area contributed by atoms with Crippen molar-refractivity contribution in [3.05, 3.63) is 69.2 Å². The van der Waals surface area contributed by atoms with Crippen LogP contribution in [0.3, 0.4) is 0 Å². The summed E-state index contributed by atoms with van der Waals surface area (Å²) >= 11 is 6.28. The molecule has 0 aromatic heterocycles. The van der Waals surface area contributed by atoms with E-state index in [0.717, 1.165) is 11.4 Å². The van der Waals surface area contributed by atoms with Gasteiger partial charge in [-0.15, -0.1) is 0 Å². The maximum Gasteiger partial charge on any atom is 0.0411 e. The third-order valence-electron chi connectivity index (χ3n) is 4.08. The predicted octanol–water partition coefficient (Wildman–Crippen LogP) is 6.49. The van der Waals surface area contributed by atoms with Crippen molar-refractivity contribution in [3.63, 3.8) is 0 Å². The van der Waals surface area contributed by atoms with Crippen molar-refractivity contribution in [2.24, 2.45) is 0 Å². The normalized spacial score (nSPS) is 11.4. The van der Waals surface area contributed by atoms with Gasteiger partial charge >= 0.3 is 0 Å². The Morgan fingerprint density at radius 3 is 2.14 bits per heavy atom. The molecule has 1 heteroatoms. The van der Waals surface area contributed by atoms with Crippen LogP contribution in [0.5, 0.6) is 0 Å². The number of hydrogen-bond donors (Lipinski definition) is 0. The van der Waals surface area contributed by atoms with Crippen LogP contribution < -0.4 is 0 Å². The quantitative estimate of drug-likeness (QED) is 0.605. The molecule has 21 heavy (non-hydrogen) atoms. The summed E-state index contributed by atoms with van der Waals surface area (Å²) in [6.07, 6.45) is 0.951. The molecular weight excluding hydrogens is 276 g/mol. The summed E-state index contributed by atoms with van der Waals surface area (Å²) in [5.41, 5.74) is 6.77. The SMILES string of the molecule is Cc1ccc(C(C)C)cc1Cc1cc(Cl)cc(C(C)C)c1. The number of aryl methyl sites for hydroxylation is 1. The third-order valence-corrected chi connectivity index (χ3v) is 4.30. The first-order valence-electron chi connectivity index (χ1n) is 7.75. The van der Waals surface area contributed by atoms with Crippen LogP contribution in [-0.4, -0.2) is 0 Å². The molecule has 0 nitrogen and oxygen atoms in total. The molecule has 2 aromatic carbocycles. The molecular formula is C20H25Cl. The highest BCUT2D eigenvalue weighted by Gasteiger charge is 2.08. The van der Waals surface area contributed by atoms with E-state index in [1.807, 2.05) is 0 Å². The van der Waals surface area contributed by atoms with E-state index in [4.69, 9.17) is 11.6 Å². The Balaban J connectivity index is 2.35. The molecule has 0 atom stereocenters. The van der Waals surface area contributed by atoms with Gasteiger partial charge in [-0.25, -0.2) is 0 Å². The second-order valence-electron chi connectivity index (χ2n) is 6.56. The topological polar surface area (TPSA) is 0 Å². The lowest BCUT2D eigenvalue weighted by atomic mass is 9.92. The first-order chi connectivity index (χ1) is 9.86. The van der Waals surface area contributed by atoms with Crippen molar-refractivity contribution < 1.29 is 0 Å². The molecule has 0 radical (unpaired) electrons. The number of hydrogen-bond acceptors (Lipinski definition) is 0. The maximum atomic E-state index is 6.28. The molecule has 2 rings (SSSR count). The highest BCUT2D eigenvalue weighted by atomic mass is 35.5. The molecule has 0 aliphatic rings. The van der Waals surface area contributed by atoms with Crippen molar-refractivity contribution in [1.82, 2.24) is 0 Å². The summed E-state index contributed by atoms with van der Waals surface area (Å²) in [4.78, 5) is 0. The van der Waals surface area contributed by atoms with Crippen molar-refractivity contribution in [1.29, 1.82) is 0 Å². The van der Waals surface area contributed by atoms with Gasteiger partial charge in [0.15, 0.2) is 0 Å². The molecule has 0 bridgehead atoms. The van der Waals surface area contributed by atoms with Crippen molar-refractivity contribution >= 4 is 11.6 Å². The van der Waals surface area contributed by atoms with Crippen LogP contribution in [-0.2, 0) is 6.42 Å². The van der Waals surface area contributed by atoms with Gasteiger partial charge in [-0.3, -0.25) is 0 Å². The van der Waals surface area contributed by atoms with E-state index in [0.29, 0.717) is 11.8 Å². The van der Waals surface area contributed by atoms with E-state index >= 15 is 0 Å². The average molecular weight is 301 g/mol. The fourth-order valence-electron chi connectivity index (χ4n) is 2.57. The fourth-order valence-corrected chi connectivity index (χ4v) is 2.84. The summed E-state index contributed by atoms with van der Waals surface area (Å²) in [6, 6.07) is 13.3. The molecule has 0 N–H and O–H groups in total. The molecule has 2 aromatic rings. The second kappa shape index (κ2) is 6.66. The first kappa shape index (κ1) is 16.1. The zero-order valence-electron chi connectivity index (χ0n) is 13.7. The maximum absolute atomic E-state index is 6.28. The van der Waals surface area contributed by atoms with Crippen LogP contribution in [0, 0.1) is 6.92 Å². The molecule has 0 amide bonds. The summed E-state index contributed by atoms with van der Waals surface area (Å²) in [7, 11) is 0. The van der Waals surface area contributed by atoms with Crippen LogP contribution in [0.4, 0.5) is 0 Å². The van der Waals surface area contributed by atoms with Gasteiger partial charge in [0.05, 0.1) is 0 Å². The second-order valence-corrected chi connectivity index (χ2v) is 7.00. The van der Waals surface area contributed by atoms with Crippen LogP contribution in [0.1, 0.15) is 67.3 Å². The van der Waals surface area contributed by atoms with Gasteiger partial charge in [-0.1, -0.05) is 63.6 Å². The minimum absolute atomic E-state index is 0.505. The lowest BCUT2D eigenvalue weighted by Gasteiger charge is -2.13. The van der Waals surface area contributed by atoms with E-state index in [1.54, 1.807) is 0 Å². The highest BCUT2D eigenvalue weighted by molar-refractivity contribution is 6.30. The Bertz CT molecular complexity index is 624. The lowest BCUT2D eigenvalue weighted by Crippen LogP contribution is -1.97. The van der Waals surface area contributed by atoms with E-state index < -0.39 is 0 Å². The van der Waals surface area contributed by atoms with E-state index in [9.17, 15) is 0 Å². The van der Waals surface area contributed by atoms with Crippen molar-refractivity contribution in [3.8, 4) is 0 Å². The Labute approximate surface area is 134 Å². The number of halogens is 1. The van der Waals surface area contributed by atoms with Crippen LogP contribution in [0.25, 0.3) is 0 Å². The van der Waals surface area contributed by atoms with Crippen molar-refractivity contribution in [2.75, 3.05) is 0 Å². The van der Waals surface area contributed by atoms with Crippen LogP contribution in [0.2, 0.25) is 5.02 Å². The Kier molecular flexibility index (Phi) is 5.11. The molecule has 0 saturated heterocycles. The van der Waals surface area contributed by atoms with Gasteiger partial charge < -0.3 is 0 Å². The van der Waals surface area contributed by atoms with Gasteiger partial charge in [-0.2, -0.15) is 0 Å². The van der Waals surface area contributed by atoms with Crippen molar-refractivity contribution in [2.45, 2.75) is 52.9 Å². The summed E-state index contributed by atoms with van der Waals surface area (Å²) in [5, 5.41) is 0.842. The highest BCUT2D eigenvalue weighted by Crippen LogP contribution is 2.25. The number of benzene rings is 2. The van der Waals surface area contributed by atoms with Gasteiger partial charge in [0.1, 0.15) is 0 Å². The van der Waals surface area contributed by atoms with Gasteiger partial charge in [0.25, 0.3) is 0 Å². The standard InChI is InChI=1S/C20H25Cl/c1-13(2)17-7-6-15(5)19(11-17)9-16-8-18(14(3)4)12-20(21)10-16/h6-8,10-14H,9H2,1-5H3. The zero-order chi connectivity index (χ0) is 15.6. The molecule has 0 fully saturated rings. The first-order valence-corrected chi connectivity index (χ1v) is 8.13. The third kappa shape index (κ3) is 4.11. The Hall–Kier alpha value is -1.27.